The van der Waals surface area contributed by atoms with Crippen LogP contribution in [0.25, 0.3) is 11.1 Å². The third kappa shape index (κ3) is 5.93. The number of aryl methyl sites for hydroxylation is 1. The van der Waals surface area contributed by atoms with Crippen molar-refractivity contribution >= 4 is 38.9 Å². The van der Waals surface area contributed by atoms with Crippen LogP contribution in [0.15, 0.2) is 66.7 Å². The lowest BCUT2D eigenvalue weighted by Crippen LogP contribution is -2.43. The average molecular weight is 518 g/mol. The molecule has 1 unspecified atom stereocenters. The van der Waals surface area contributed by atoms with Crippen LogP contribution < -0.4 is 4.74 Å². The molecule has 1 fully saturated rings. The second kappa shape index (κ2) is 10.4. The first-order valence-electron chi connectivity index (χ1n) is 10.9. The first-order chi connectivity index (χ1) is 16.2. The van der Waals surface area contributed by atoms with Crippen LogP contribution in [0.5, 0.6) is 5.75 Å². The lowest BCUT2D eigenvalue weighted by molar-refractivity contribution is -0.136. The predicted molar refractivity (Wildman–Crippen MR) is 136 cm³/mol. The quantitative estimate of drug-likeness (QED) is 0.411. The summed E-state index contributed by atoms with van der Waals surface area (Å²) < 4.78 is 30.0. The van der Waals surface area contributed by atoms with Crippen LogP contribution in [-0.2, 0) is 21.2 Å². The van der Waals surface area contributed by atoms with Gasteiger partial charge in [-0.2, -0.15) is 0 Å². The van der Waals surface area contributed by atoms with Crippen LogP contribution in [0.4, 0.5) is 0 Å². The highest BCUT2D eigenvalue weighted by Crippen LogP contribution is 2.31. The second-order valence-electron chi connectivity index (χ2n) is 8.45. The van der Waals surface area contributed by atoms with Gasteiger partial charge in [0.25, 0.3) is 5.91 Å². The predicted octanol–water partition coefficient (Wildman–Crippen LogP) is 5.56. The van der Waals surface area contributed by atoms with E-state index in [9.17, 15) is 13.2 Å². The van der Waals surface area contributed by atoms with E-state index in [1.807, 2.05) is 61.5 Å². The molecule has 1 aliphatic rings. The molecule has 3 aromatic carbocycles. The Labute approximate surface area is 210 Å². The van der Waals surface area contributed by atoms with Gasteiger partial charge in [-0.1, -0.05) is 71.7 Å². The molecular weight excluding hydrogens is 493 g/mol. The number of benzene rings is 3. The first-order valence-corrected chi connectivity index (χ1v) is 13.5. The number of hydrogen-bond donors (Lipinski definition) is 0. The maximum absolute atomic E-state index is 13.2. The zero-order chi connectivity index (χ0) is 24.3. The topological polar surface area (TPSA) is 63.7 Å². The van der Waals surface area contributed by atoms with Crippen molar-refractivity contribution in [1.29, 1.82) is 0 Å². The number of nitrogens with zero attached hydrogens (tertiary/aromatic N) is 1. The smallest absolute Gasteiger partial charge is 0.261 e. The Morgan fingerprint density at radius 2 is 1.79 bits per heavy atom. The van der Waals surface area contributed by atoms with Gasteiger partial charge in [0.15, 0.2) is 16.4 Å². The van der Waals surface area contributed by atoms with Gasteiger partial charge in [0.2, 0.25) is 0 Å². The molecule has 34 heavy (non-hydrogen) atoms. The number of carbonyl (C=O) groups is 1. The van der Waals surface area contributed by atoms with Crippen molar-refractivity contribution in [2.24, 2.45) is 0 Å². The monoisotopic (exact) mass is 517 g/mol. The molecule has 1 saturated heterocycles. The van der Waals surface area contributed by atoms with Crippen molar-refractivity contribution in [1.82, 2.24) is 4.90 Å². The van der Waals surface area contributed by atoms with Crippen molar-refractivity contribution < 1.29 is 17.9 Å². The summed E-state index contributed by atoms with van der Waals surface area (Å²) in [6.07, 6.45) is 0.427. The van der Waals surface area contributed by atoms with Gasteiger partial charge in [-0.05, 0) is 48.2 Å². The Hall–Kier alpha value is -2.54. The van der Waals surface area contributed by atoms with Gasteiger partial charge in [-0.15, -0.1) is 0 Å². The summed E-state index contributed by atoms with van der Waals surface area (Å²) in [5.74, 6) is 0.463. The molecule has 1 heterocycles. The molecule has 4 rings (SSSR count). The minimum absolute atomic E-state index is 0.0262. The van der Waals surface area contributed by atoms with Crippen molar-refractivity contribution in [3.05, 3.63) is 87.9 Å². The van der Waals surface area contributed by atoms with Gasteiger partial charge in [0.1, 0.15) is 5.75 Å². The summed E-state index contributed by atoms with van der Waals surface area (Å²) in [5.41, 5.74) is 3.61. The summed E-state index contributed by atoms with van der Waals surface area (Å²) in [6.45, 7) is 2.06. The van der Waals surface area contributed by atoms with E-state index in [1.54, 1.807) is 17.0 Å². The minimum atomic E-state index is -3.15. The summed E-state index contributed by atoms with van der Waals surface area (Å²) >= 11 is 12.3. The Morgan fingerprint density at radius 3 is 2.44 bits per heavy atom. The number of halogens is 2. The molecule has 0 saturated carbocycles. The van der Waals surface area contributed by atoms with Crippen molar-refractivity contribution in [3.8, 4) is 16.9 Å². The van der Waals surface area contributed by atoms with Crippen LogP contribution in [-0.4, -0.2) is 43.4 Å². The van der Waals surface area contributed by atoms with E-state index in [4.69, 9.17) is 27.9 Å². The molecule has 0 radical (unpaired) electrons. The maximum atomic E-state index is 13.2. The van der Waals surface area contributed by atoms with Gasteiger partial charge in [0.05, 0.1) is 11.5 Å². The van der Waals surface area contributed by atoms with Crippen molar-refractivity contribution in [2.45, 2.75) is 25.9 Å². The average Bonchev–Trinajstić information content (AvgIpc) is 3.16. The molecule has 1 atom stereocenters. The highest BCUT2D eigenvalue weighted by molar-refractivity contribution is 7.91. The number of hydrogen-bond acceptors (Lipinski definition) is 4. The standard InChI is InChI=1S/C26H25Cl2NO4S/c1-18-4-2-3-5-25(18)33-16-26(30)29(22-12-13-34(31,32)17-22)15-19-6-8-20(9-7-19)23-11-10-21(27)14-24(23)28/h2-11,14,22H,12-13,15-17H2,1H3. The Morgan fingerprint density at radius 1 is 1.06 bits per heavy atom. The van der Waals surface area contributed by atoms with Crippen LogP contribution in [0.2, 0.25) is 10.0 Å². The number of para-hydroxylation sites is 1. The molecule has 178 valence electrons. The highest BCUT2D eigenvalue weighted by Gasteiger charge is 2.34. The number of sulfone groups is 1. The fourth-order valence-corrected chi connectivity index (χ4v) is 6.34. The molecule has 0 N–H and O–H groups in total. The number of carbonyl (C=O) groups excluding carboxylic acids is 1. The summed E-state index contributed by atoms with van der Waals surface area (Å²) in [5, 5.41) is 1.13. The molecule has 8 heteroatoms. The van der Waals surface area contributed by atoms with E-state index in [0.717, 1.165) is 22.3 Å². The van der Waals surface area contributed by atoms with E-state index < -0.39 is 9.84 Å². The van der Waals surface area contributed by atoms with Crippen LogP contribution in [0.1, 0.15) is 17.5 Å². The molecule has 0 aliphatic carbocycles. The molecule has 0 spiro atoms. The fourth-order valence-electron chi connectivity index (χ4n) is 4.09. The largest absolute Gasteiger partial charge is 0.484 e. The normalized spacial score (nSPS) is 16.9. The van der Waals surface area contributed by atoms with Gasteiger partial charge in [-0.3, -0.25) is 4.79 Å². The van der Waals surface area contributed by atoms with E-state index in [2.05, 4.69) is 0 Å². The SMILES string of the molecule is Cc1ccccc1OCC(=O)N(Cc1ccc(-c2ccc(Cl)cc2Cl)cc1)C1CCS(=O)(=O)C1. The third-order valence-electron chi connectivity index (χ3n) is 5.96. The number of rotatable bonds is 7. The first kappa shape index (κ1) is 24.6. The lowest BCUT2D eigenvalue weighted by atomic mass is 10.0. The van der Waals surface area contributed by atoms with Crippen LogP contribution in [0, 0.1) is 6.92 Å². The molecule has 3 aromatic rings. The summed E-state index contributed by atoms with van der Waals surface area (Å²) in [7, 11) is -3.15. The minimum Gasteiger partial charge on any atom is -0.484 e. The Balaban J connectivity index is 1.52. The molecule has 0 aromatic heterocycles. The van der Waals surface area contributed by atoms with Gasteiger partial charge in [-0.25, -0.2) is 8.42 Å². The molecule has 5 nitrogen and oxygen atoms in total. The zero-order valence-corrected chi connectivity index (χ0v) is 21.0. The highest BCUT2D eigenvalue weighted by atomic mass is 35.5. The summed E-state index contributed by atoms with van der Waals surface area (Å²) in [6, 6.07) is 20.2. The molecule has 1 aliphatic heterocycles. The lowest BCUT2D eigenvalue weighted by Gasteiger charge is -2.28. The number of ether oxygens (including phenoxy) is 1. The van der Waals surface area contributed by atoms with Crippen LogP contribution in [0.3, 0.4) is 0 Å². The Kier molecular flexibility index (Phi) is 7.51. The van der Waals surface area contributed by atoms with E-state index in [1.165, 1.54) is 0 Å². The fraction of sp³-hybridized carbons (Fsp3) is 0.269. The van der Waals surface area contributed by atoms with Gasteiger partial charge < -0.3 is 9.64 Å². The van der Waals surface area contributed by atoms with E-state index in [-0.39, 0.29) is 30.1 Å². The molecule has 0 bridgehead atoms. The Bertz CT molecular complexity index is 1290. The van der Waals surface area contributed by atoms with Gasteiger partial charge >= 0.3 is 0 Å². The molecule has 1 amide bonds. The van der Waals surface area contributed by atoms with Gasteiger partial charge in [0, 0.05) is 28.2 Å². The molecular formula is C26H25Cl2NO4S. The third-order valence-corrected chi connectivity index (χ3v) is 8.26. The van der Waals surface area contributed by atoms with Crippen LogP contribution >= 0.6 is 23.2 Å². The summed E-state index contributed by atoms with van der Waals surface area (Å²) in [4.78, 5) is 14.8. The second-order valence-corrected chi connectivity index (χ2v) is 11.5. The van der Waals surface area contributed by atoms with Crippen molar-refractivity contribution in [3.63, 3.8) is 0 Å². The van der Waals surface area contributed by atoms with E-state index in [0.29, 0.717) is 28.8 Å². The maximum Gasteiger partial charge on any atom is 0.261 e. The zero-order valence-electron chi connectivity index (χ0n) is 18.7. The van der Waals surface area contributed by atoms with E-state index >= 15 is 0 Å². The number of amides is 1. The van der Waals surface area contributed by atoms with Crippen molar-refractivity contribution in [2.75, 3.05) is 18.1 Å².